The number of likely N-dealkylation sites (tertiary alicyclic amines) is 1. The van der Waals surface area contributed by atoms with Crippen LogP contribution in [0.2, 0.25) is 0 Å². The fourth-order valence-electron chi connectivity index (χ4n) is 2.92. The Morgan fingerprint density at radius 3 is 2.63 bits per heavy atom. The number of anilines is 1. The van der Waals surface area contributed by atoms with Crippen LogP contribution in [-0.2, 0) is 0 Å². The summed E-state index contributed by atoms with van der Waals surface area (Å²) in [4.78, 5) is 2.55. The third-order valence-corrected chi connectivity index (χ3v) is 4.85. The van der Waals surface area contributed by atoms with Crippen LogP contribution in [-0.4, -0.2) is 30.6 Å². The van der Waals surface area contributed by atoms with Gasteiger partial charge in [-0.25, -0.2) is 0 Å². The predicted octanol–water partition coefficient (Wildman–Crippen LogP) is 4.29. The lowest BCUT2D eigenvalue weighted by molar-refractivity contribution is 0.183. The molecule has 3 heteroatoms. The Labute approximate surface area is 125 Å². The first kappa shape index (κ1) is 14.9. The van der Waals surface area contributed by atoms with E-state index < -0.39 is 0 Å². The van der Waals surface area contributed by atoms with Gasteiger partial charge in [-0.05, 0) is 76.0 Å². The largest absolute Gasteiger partial charge is 0.382 e. The lowest BCUT2D eigenvalue weighted by Gasteiger charge is -2.35. The van der Waals surface area contributed by atoms with Crippen molar-refractivity contribution in [1.82, 2.24) is 4.90 Å². The maximum Gasteiger partial charge on any atom is 0.0372 e. The van der Waals surface area contributed by atoms with Gasteiger partial charge in [0.25, 0.3) is 0 Å². The average Bonchev–Trinajstić information content (AvgIpc) is 2.42. The van der Waals surface area contributed by atoms with E-state index in [0.717, 1.165) is 10.4 Å². The van der Waals surface area contributed by atoms with E-state index in [9.17, 15) is 0 Å². The number of nitrogens with zero attached hydrogens (tertiary/aromatic N) is 1. The van der Waals surface area contributed by atoms with Crippen LogP contribution < -0.4 is 5.32 Å². The smallest absolute Gasteiger partial charge is 0.0372 e. The van der Waals surface area contributed by atoms with Gasteiger partial charge in [0.15, 0.2) is 0 Å². The molecule has 0 radical (unpaired) electrons. The van der Waals surface area contributed by atoms with E-state index in [4.69, 9.17) is 0 Å². The first-order chi connectivity index (χ1) is 9.10. The molecule has 1 aliphatic rings. The van der Waals surface area contributed by atoms with Gasteiger partial charge in [-0.1, -0.05) is 22.9 Å². The fraction of sp³-hybridized carbons (Fsp3) is 0.625. The Morgan fingerprint density at radius 1 is 1.37 bits per heavy atom. The van der Waals surface area contributed by atoms with Crippen molar-refractivity contribution in [2.45, 2.75) is 39.7 Å². The summed E-state index contributed by atoms with van der Waals surface area (Å²) in [6.45, 7) is 10.5. The van der Waals surface area contributed by atoms with E-state index in [1.54, 1.807) is 0 Å². The van der Waals surface area contributed by atoms with Crippen LogP contribution in [0.4, 0.5) is 5.69 Å². The van der Waals surface area contributed by atoms with E-state index in [-0.39, 0.29) is 0 Å². The molecular formula is C16H25BrN2. The molecule has 0 saturated carbocycles. The normalized spacial score (nSPS) is 19.4. The Hall–Kier alpha value is -0.540. The first-order valence-corrected chi connectivity index (χ1v) is 8.14. The van der Waals surface area contributed by atoms with Crippen molar-refractivity contribution in [1.29, 1.82) is 0 Å². The van der Waals surface area contributed by atoms with Gasteiger partial charge < -0.3 is 10.2 Å². The molecule has 1 saturated heterocycles. The zero-order valence-corrected chi connectivity index (χ0v) is 13.8. The summed E-state index contributed by atoms with van der Waals surface area (Å²) in [5, 5.41) is 3.70. The van der Waals surface area contributed by atoms with Crippen LogP contribution in [0.15, 0.2) is 22.7 Å². The molecule has 1 aliphatic heterocycles. The highest BCUT2D eigenvalue weighted by Crippen LogP contribution is 2.26. The summed E-state index contributed by atoms with van der Waals surface area (Å²) in [6, 6.07) is 7.02. The molecule has 2 nitrogen and oxygen atoms in total. The lowest BCUT2D eigenvalue weighted by atomic mass is 9.90. The summed E-state index contributed by atoms with van der Waals surface area (Å²) in [7, 11) is 0. The van der Waals surface area contributed by atoms with Crippen molar-refractivity contribution in [2.24, 2.45) is 5.92 Å². The molecule has 1 heterocycles. The van der Waals surface area contributed by atoms with Crippen molar-refractivity contribution in [3.8, 4) is 0 Å². The summed E-state index contributed by atoms with van der Waals surface area (Å²) in [5.41, 5.74) is 2.58. The number of aryl methyl sites for hydroxylation is 1. The second-order valence-electron chi connectivity index (χ2n) is 5.66. The van der Waals surface area contributed by atoms with Crippen molar-refractivity contribution >= 4 is 21.6 Å². The van der Waals surface area contributed by atoms with Crippen LogP contribution in [0.3, 0.4) is 0 Å². The second kappa shape index (κ2) is 6.76. The second-order valence-corrected chi connectivity index (χ2v) is 6.58. The predicted molar refractivity (Wildman–Crippen MR) is 86.8 cm³/mol. The van der Waals surface area contributed by atoms with Gasteiger partial charge in [-0.2, -0.15) is 0 Å². The minimum atomic E-state index is 0.555. The molecule has 0 aliphatic carbocycles. The van der Waals surface area contributed by atoms with Gasteiger partial charge >= 0.3 is 0 Å². The molecule has 2 rings (SSSR count). The number of hydrogen-bond acceptors (Lipinski definition) is 2. The van der Waals surface area contributed by atoms with Crippen LogP contribution in [0, 0.1) is 12.8 Å². The molecule has 1 N–H and O–H groups in total. The van der Waals surface area contributed by atoms with Crippen molar-refractivity contribution < 1.29 is 0 Å². The van der Waals surface area contributed by atoms with Crippen LogP contribution in [0.5, 0.6) is 0 Å². The zero-order chi connectivity index (χ0) is 13.8. The molecule has 0 spiro atoms. The van der Waals surface area contributed by atoms with Crippen LogP contribution in [0.1, 0.15) is 32.3 Å². The van der Waals surface area contributed by atoms with E-state index in [0.29, 0.717) is 6.04 Å². The quantitative estimate of drug-likeness (QED) is 0.888. The van der Waals surface area contributed by atoms with Gasteiger partial charge in [0.1, 0.15) is 0 Å². The fourth-order valence-corrected chi connectivity index (χ4v) is 3.40. The number of rotatable bonds is 4. The van der Waals surface area contributed by atoms with E-state index in [1.165, 1.54) is 43.7 Å². The summed E-state index contributed by atoms with van der Waals surface area (Å²) in [6.07, 6.45) is 2.63. The molecule has 106 valence electrons. The maximum absolute atomic E-state index is 3.70. The maximum atomic E-state index is 3.70. The average molecular weight is 325 g/mol. The van der Waals surface area contributed by atoms with Gasteiger partial charge in [-0.15, -0.1) is 0 Å². The molecule has 19 heavy (non-hydrogen) atoms. The Morgan fingerprint density at radius 2 is 2.05 bits per heavy atom. The molecule has 1 aromatic carbocycles. The molecule has 1 unspecified atom stereocenters. The minimum absolute atomic E-state index is 0.555. The monoisotopic (exact) mass is 324 g/mol. The number of hydrogen-bond donors (Lipinski definition) is 1. The number of benzene rings is 1. The van der Waals surface area contributed by atoms with Crippen molar-refractivity contribution in [3.05, 3.63) is 28.2 Å². The highest BCUT2D eigenvalue weighted by molar-refractivity contribution is 9.10. The topological polar surface area (TPSA) is 15.3 Å². The van der Waals surface area contributed by atoms with Crippen molar-refractivity contribution in [3.63, 3.8) is 0 Å². The SMILES string of the molecule is CCN1CCC(C(C)Nc2ccc(Br)cc2C)CC1. The van der Waals surface area contributed by atoms with Gasteiger partial charge in [-0.3, -0.25) is 0 Å². The minimum Gasteiger partial charge on any atom is -0.382 e. The third kappa shape index (κ3) is 3.96. The Balaban J connectivity index is 1.92. The van der Waals surface area contributed by atoms with E-state index in [2.05, 4.69) is 65.1 Å². The molecule has 1 atom stereocenters. The van der Waals surface area contributed by atoms with Gasteiger partial charge in [0, 0.05) is 16.2 Å². The standard InChI is InChI=1S/C16H25BrN2/c1-4-19-9-7-14(8-10-19)13(3)18-16-6-5-15(17)11-12(16)2/h5-6,11,13-14,18H,4,7-10H2,1-3H3. The van der Waals surface area contributed by atoms with E-state index in [1.807, 2.05) is 0 Å². The van der Waals surface area contributed by atoms with Crippen molar-refractivity contribution in [2.75, 3.05) is 25.0 Å². The number of piperidine rings is 1. The molecular weight excluding hydrogens is 300 g/mol. The van der Waals surface area contributed by atoms with Crippen LogP contribution in [0.25, 0.3) is 0 Å². The highest BCUT2D eigenvalue weighted by atomic mass is 79.9. The molecule has 0 bridgehead atoms. The number of nitrogens with one attached hydrogen (secondary N) is 1. The molecule has 1 fully saturated rings. The number of halogens is 1. The van der Waals surface area contributed by atoms with Gasteiger partial charge in [0.05, 0.1) is 0 Å². The summed E-state index contributed by atoms with van der Waals surface area (Å²) >= 11 is 3.52. The van der Waals surface area contributed by atoms with Gasteiger partial charge in [0.2, 0.25) is 0 Å². The third-order valence-electron chi connectivity index (χ3n) is 4.36. The van der Waals surface area contributed by atoms with Crippen LogP contribution >= 0.6 is 15.9 Å². The Bertz CT molecular complexity index is 411. The Kier molecular flexibility index (Phi) is 5.28. The zero-order valence-electron chi connectivity index (χ0n) is 12.2. The summed E-state index contributed by atoms with van der Waals surface area (Å²) in [5.74, 6) is 0.797. The lowest BCUT2D eigenvalue weighted by Crippen LogP contribution is -2.39. The molecule has 0 amide bonds. The first-order valence-electron chi connectivity index (χ1n) is 7.35. The molecule has 0 aromatic heterocycles. The van der Waals surface area contributed by atoms with E-state index >= 15 is 0 Å². The summed E-state index contributed by atoms with van der Waals surface area (Å²) < 4.78 is 1.15. The highest BCUT2D eigenvalue weighted by Gasteiger charge is 2.23. The molecule has 1 aromatic rings.